The third-order valence-corrected chi connectivity index (χ3v) is 7.28. The minimum atomic E-state index is -3.62. The fraction of sp³-hybridized carbons (Fsp3) is 0.391. The number of ether oxygens (including phenoxy) is 1. The van der Waals surface area contributed by atoms with Crippen LogP contribution < -0.4 is 5.32 Å². The largest absolute Gasteiger partial charge is 0.462 e. The molecule has 166 valence electrons. The summed E-state index contributed by atoms with van der Waals surface area (Å²) in [4.78, 5) is 24.8. The molecule has 8 heteroatoms. The van der Waals surface area contributed by atoms with Gasteiger partial charge >= 0.3 is 5.97 Å². The van der Waals surface area contributed by atoms with E-state index in [1.807, 2.05) is 6.92 Å². The molecule has 1 aliphatic rings. The lowest BCUT2D eigenvalue weighted by atomic mass is 10.1. The first-order valence-electron chi connectivity index (χ1n) is 10.5. The van der Waals surface area contributed by atoms with Gasteiger partial charge in [0.15, 0.2) is 0 Å². The monoisotopic (exact) mass is 444 g/mol. The molecule has 1 amide bonds. The number of carbonyl (C=O) groups is 2. The van der Waals surface area contributed by atoms with E-state index in [0.29, 0.717) is 36.5 Å². The predicted octanol–water partition coefficient (Wildman–Crippen LogP) is 3.99. The molecule has 0 aliphatic carbocycles. The van der Waals surface area contributed by atoms with Gasteiger partial charge in [-0.1, -0.05) is 19.4 Å². The van der Waals surface area contributed by atoms with Crippen molar-refractivity contribution in [3.05, 3.63) is 59.2 Å². The van der Waals surface area contributed by atoms with Crippen LogP contribution in [0.5, 0.6) is 0 Å². The number of unbranched alkanes of at least 4 members (excludes halogenated alkanes) is 1. The number of amides is 1. The maximum Gasteiger partial charge on any atom is 0.338 e. The highest BCUT2D eigenvalue weighted by Crippen LogP contribution is 2.25. The summed E-state index contributed by atoms with van der Waals surface area (Å²) in [6.07, 6.45) is 3.45. The van der Waals surface area contributed by atoms with Crippen LogP contribution in [-0.2, 0) is 14.8 Å². The van der Waals surface area contributed by atoms with Crippen molar-refractivity contribution in [2.24, 2.45) is 0 Å². The number of aryl methyl sites for hydroxylation is 1. The molecular formula is C23H28N2O5S. The second-order valence-electron chi connectivity index (χ2n) is 7.61. The molecule has 31 heavy (non-hydrogen) atoms. The maximum atomic E-state index is 12.9. The Balaban J connectivity index is 1.71. The molecule has 2 aromatic rings. The quantitative estimate of drug-likeness (QED) is 0.491. The van der Waals surface area contributed by atoms with E-state index in [1.54, 1.807) is 43.3 Å². The number of nitrogens with zero attached hydrogens (tertiary/aromatic N) is 1. The summed E-state index contributed by atoms with van der Waals surface area (Å²) < 4.78 is 32.5. The second-order valence-corrected chi connectivity index (χ2v) is 9.52. The summed E-state index contributed by atoms with van der Waals surface area (Å²) in [5, 5.41) is 2.74. The smallest absolute Gasteiger partial charge is 0.338 e. The van der Waals surface area contributed by atoms with Crippen molar-refractivity contribution in [2.45, 2.75) is 44.4 Å². The van der Waals surface area contributed by atoms with Gasteiger partial charge in [0.25, 0.3) is 5.91 Å². The Bertz CT molecular complexity index is 1040. The van der Waals surface area contributed by atoms with Gasteiger partial charge in [0.05, 0.1) is 17.1 Å². The Hall–Kier alpha value is -2.71. The first-order valence-corrected chi connectivity index (χ1v) is 12.0. The SMILES string of the molecule is CCCCOC(=O)c1ccc(NC(=O)c2ccc(C)c(S(=O)(=O)N3CCCC3)c2)cc1. The number of anilines is 1. The van der Waals surface area contributed by atoms with Gasteiger partial charge in [-0.3, -0.25) is 4.79 Å². The molecule has 1 fully saturated rings. The van der Waals surface area contributed by atoms with Gasteiger partial charge in [0.1, 0.15) is 0 Å². The molecule has 1 heterocycles. The van der Waals surface area contributed by atoms with Crippen LogP contribution in [0.2, 0.25) is 0 Å². The van der Waals surface area contributed by atoms with Crippen LogP contribution in [0.15, 0.2) is 47.4 Å². The van der Waals surface area contributed by atoms with Crippen LogP contribution in [0, 0.1) is 6.92 Å². The molecule has 0 spiro atoms. The molecule has 0 atom stereocenters. The van der Waals surface area contributed by atoms with Crippen LogP contribution in [-0.4, -0.2) is 44.3 Å². The Morgan fingerprint density at radius 1 is 1.03 bits per heavy atom. The Morgan fingerprint density at radius 3 is 2.32 bits per heavy atom. The number of hydrogen-bond acceptors (Lipinski definition) is 5. The normalized spacial score (nSPS) is 14.4. The molecule has 1 saturated heterocycles. The van der Waals surface area contributed by atoms with Crippen LogP contribution in [0.25, 0.3) is 0 Å². The van der Waals surface area contributed by atoms with Crippen molar-refractivity contribution in [3.8, 4) is 0 Å². The molecule has 0 saturated carbocycles. The van der Waals surface area contributed by atoms with E-state index in [-0.39, 0.29) is 10.5 Å². The number of benzene rings is 2. The number of nitrogens with one attached hydrogen (secondary N) is 1. The van der Waals surface area contributed by atoms with Gasteiger partial charge in [-0.25, -0.2) is 13.2 Å². The molecule has 2 aromatic carbocycles. The zero-order valence-electron chi connectivity index (χ0n) is 17.9. The highest BCUT2D eigenvalue weighted by molar-refractivity contribution is 7.89. The van der Waals surface area contributed by atoms with Gasteiger partial charge in [-0.05, 0) is 68.1 Å². The van der Waals surface area contributed by atoms with Crippen LogP contribution in [0.4, 0.5) is 5.69 Å². The van der Waals surface area contributed by atoms with Gasteiger partial charge in [-0.2, -0.15) is 4.31 Å². The van der Waals surface area contributed by atoms with Crippen molar-refractivity contribution in [2.75, 3.05) is 25.0 Å². The summed E-state index contributed by atoms with van der Waals surface area (Å²) in [6, 6.07) is 11.1. The van der Waals surface area contributed by atoms with Crippen LogP contribution in [0.3, 0.4) is 0 Å². The van der Waals surface area contributed by atoms with Crippen molar-refractivity contribution < 1.29 is 22.7 Å². The molecule has 7 nitrogen and oxygen atoms in total. The number of sulfonamides is 1. The van der Waals surface area contributed by atoms with Gasteiger partial charge < -0.3 is 10.1 Å². The number of hydrogen-bond donors (Lipinski definition) is 1. The Labute approximate surface area is 183 Å². The van der Waals surface area contributed by atoms with E-state index >= 15 is 0 Å². The summed E-state index contributed by atoms with van der Waals surface area (Å²) in [7, 11) is -3.62. The summed E-state index contributed by atoms with van der Waals surface area (Å²) >= 11 is 0. The molecule has 0 unspecified atom stereocenters. The molecular weight excluding hydrogens is 416 g/mol. The van der Waals surface area contributed by atoms with Gasteiger partial charge in [-0.15, -0.1) is 0 Å². The van der Waals surface area contributed by atoms with Gasteiger partial charge in [0, 0.05) is 24.3 Å². The number of rotatable bonds is 8. The summed E-state index contributed by atoms with van der Waals surface area (Å²) in [5.41, 5.74) is 1.77. The zero-order valence-corrected chi connectivity index (χ0v) is 18.7. The fourth-order valence-electron chi connectivity index (χ4n) is 3.37. The maximum absolute atomic E-state index is 12.9. The van der Waals surface area contributed by atoms with Crippen molar-refractivity contribution in [1.29, 1.82) is 0 Å². The van der Waals surface area contributed by atoms with Gasteiger partial charge in [0.2, 0.25) is 10.0 Å². The Kier molecular flexibility index (Phi) is 7.46. The standard InChI is InChI=1S/C23H28N2O5S/c1-3-4-15-30-23(27)18-9-11-20(12-10-18)24-22(26)19-8-7-17(2)21(16-19)31(28,29)25-13-5-6-14-25/h7-12,16H,3-6,13-15H2,1-2H3,(H,24,26). The van der Waals surface area contributed by atoms with E-state index in [2.05, 4.69) is 5.32 Å². The fourth-order valence-corrected chi connectivity index (χ4v) is 5.14. The average Bonchev–Trinajstić information content (AvgIpc) is 3.30. The Morgan fingerprint density at radius 2 is 1.68 bits per heavy atom. The van der Waals surface area contributed by atoms with E-state index in [9.17, 15) is 18.0 Å². The van der Waals surface area contributed by atoms with E-state index in [1.165, 1.54) is 10.4 Å². The molecule has 3 rings (SSSR count). The lowest BCUT2D eigenvalue weighted by Crippen LogP contribution is -2.28. The average molecular weight is 445 g/mol. The molecule has 0 aromatic heterocycles. The second kappa shape index (κ2) is 10.1. The van der Waals surface area contributed by atoms with Crippen molar-refractivity contribution in [3.63, 3.8) is 0 Å². The molecule has 0 radical (unpaired) electrons. The third-order valence-electron chi connectivity index (χ3n) is 5.24. The first kappa shape index (κ1) is 23.0. The third kappa shape index (κ3) is 5.51. The van der Waals surface area contributed by atoms with E-state index in [4.69, 9.17) is 4.74 Å². The molecule has 1 aliphatic heterocycles. The summed E-state index contributed by atoms with van der Waals surface area (Å²) in [5.74, 6) is -0.822. The van der Waals surface area contributed by atoms with E-state index < -0.39 is 21.9 Å². The summed E-state index contributed by atoms with van der Waals surface area (Å²) in [6.45, 7) is 5.13. The topological polar surface area (TPSA) is 92.8 Å². The molecule has 0 bridgehead atoms. The lowest BCUT2D eigenvalue weighted by Gasteiger charge is -2.18. The van der Waals surface area contributed by atoms with Crippen LogP contribution in [0.1, 0.15) is 58.9 Å². The highest BCUT2D eigenvalue weighted by Gasteiger charge is 2.29. The minimum absolute atomic E-state index is 0.159. The van der Waals surface area contributed by atoms with E-state index in [0.717, 1.165) is 25.7 Å². The van der Waals surface area contributed by atoms with Crippen molar-refractivity contribution >= 4 is 27.6 Å². The predicted molar refractivity (Wildman–Crippen MR) is 119 cm³/mol. The highest BCUT2D eigenvalue weighted by atomic mass is 32.2. The zero-order chi connectivity index (χ0) is 22.4. The van der Waals surface area contributed by atoms with Crippen LogP contribution >= 0.6 is 0 Å². The minimum Gasteiger partial charge on any atom is -0.462 e. The first-order chi connectivity index (χ1) is 14.8. The number of carbonyl (C=O) groups excluding carboxylic acids is 2. The lowest BCUT2D eigenvalue weighted by molar-refractivity contribution is 0.0499. The molecule has 1 N–H and O–H groups in total. The number of esters is 1. The van der Waals surface area contributed by atoms with Crippen molar-refractivity contribution in [1.82, 2.24) is 4.31 Å².